The largest absolute Gasteiger partial charge is 0.481 e. The zero-order chi connectivity index (χ0) is 34.7. The lowest BCUT2D eigenvalue weighted by atomic mass is 9.97. The van der Waals surface area contributed by atoms with Crippen LogP contribution < -0.4 is 10.3 Å². The molecule has 0 bridgehead atoms. The van der Waals surface area contributed by atoms with E-state index in [4.69, 9.17) is 37.7 Å². The molecule has 5 rings (SSSR count). The Morgan fingerprint density at radius 1 is 1.02 bits per heavy atom. The molecule has 0 saturated carbocycles. The molecule has 3 heterocycles. The molecule has 248 valence electrons. The van der Waals surface area contributed by atoms with Gasteiger partial charge in [-0.05, 0) is 57.5 Å². The van der Waals surface area contributed by atoms with Gasteiger partial charge in [0.05, 0.1) is 47.6 Å². The first-order valence-electron chi connectivity index (χ1n) is 15.1. The number of rotatable bonds is 9. The fourth-order valence-electron chi connectivity index (χ4n) is 5.21. The number of ether oxygens (including phenoxy) is 2. The summed E-state index contributed by atoms with van der Waals surface area (Å²) >= 11 is 14.0. The van der Waals surface area contributed by atoms with Gasteiger partial charge in [0.2, 0.25) is 5.88 Å². The number of halogens is 2. The standard InChI is InChI=1S/C36H34Cl2N4O6/c1-21(44)18-41(35(46)48-36(2,3)4)19-23-12-13-29(40-33(23)47-5)28-11-7-10-27(32(28)38)26-9-6-8-25(31(26)37)22-14-15-42-30(16-22)39-17-24(20-43)34(42)45/h6-17,20-21,44H,18-19H2,1-5H3. The molecule has 48 heavy (non-hydrogen) atoms. The van der Waals surface area contributed by atoms with E-state index in [0.717, 1.165) is 5.56 Å². The van der Waals surface area contributed by atoms with Crippen LogP contribution in [0.15, 0.2) is 77.9 Å². The molecule has 0 fully saturated rings. The first kappa shape index (κ1) is 34.6. The molecule has 1 atom stereocenters. The van der Waals surface area contributed by atoms with Gasteiger partial charge in [-0.3, -0.25) is 14.0 Å². The summed E-state index contributed by atoms with van der Waals surface area (Å²) < 4.78 is 12.5. The Hall–Kier alpha value is -4.77. The number of carbonyl (C=O) groups is 2. The molecule has 0 aliphatic carbocycles. The van der Waals surface area contributed by atoms with E-state index in [2.05, 4.69) is 4.98 Å². The van der Waals surface area contributed by atoms with Gasteiger partial charge in [0.1, 0.15) is 11.2 Å². The number of hydrogen-bond acceptors (Lipinski definition) is 8. The third-order valence-corrected chi connectivity index (χ3v) is 8.18. The number of methoxy groups -OCH3 is 1. The number of amides is 1. The number of aliphatic hydroxyl groups is 1. The number of benzene rings is 2. The van der Waals surface area contributed by atoms with E-state index in [1.54, 1.807) is 58.2 Å². The minimum Gasteiger partial charge on any atom is -0.481 e. The number of carbonyl (C=O) groups excluding carboxylic acids is 2. The highest BCUT2D eigenvalue weighted by Crippen LogP contribution is 2.42. The van der Waals surface area contributed by atoms with Gasteiger partial charge in [0.25, 0.3) is 5.56 Å². The number of aliphatic hydroxyl groups excluding tert-OH is 1. The Morgan fingerprint density at radius 2 is 1.67 bits per heavy atom. The zero-order valence-corrected chi connectivity index (χ0v) is 28.5. The van der Waals surface area contributed by atoms with Gasteiger partial charge in [0.15, 0.2) is 6.29 Å². The molecule has 0 aliphatic heterocycles. The van der Waals surface area contributed by atoms with E-state index in [1.165, 1.54) is 22.6 Å². The van der Waals surface area contributed by atoms with Crippen LogP contribution in [-0.2, 0) is 11.3 Å². The molecular formula is C36H34Cl2N4O6. The van der Waals surface area contributed by atoms with Crippen molar-refractivity contribution < 1.29 is 24.2 Å². The Kier molecular flexibility index (Phi) is 10.2. The molecule has 0 aliphatic rings. The van der Waals surface area contributed by atoms with Crippen LogP contribution >= 0.6 is 23.2 Å². The number of nitrogens with zero attached hydrogens (tertiary/aromatic N) is 4. The molecule has 10 nitrogen and oxygen atoms in total. The first-order chi connectivity index (χ1) is 22.8. The van der Waals surface area contributed by atoms with Gasteiger partial charge in [-0.2, -0.15) is 0 Å². The van der Waals surface area contributed by atoms with Crippen molar-refractivity contribution in [2.45, 2.75) is 45.9 Å². The average molecular weight is 690 g/mol. The van der Waals surface area contributed by atoms with E-state index in [-0.39, 0.29) is 24.5 Å². The molecule has 5 aromatic rings. The Morgan fingerprint density at radius 3 is 2.29 bits per heavy atom. The SMILES string of the molecule is COc1nc(-c2cccc(-c3cccc(-c4ccn5c(=O)c(C=O)cnc5c4)c3Cl)c2Cl)ccc1CN(CC(C)O)C(=O)OC(C)(C)C. The molecule has 1 unspecified atom stereocenters. The van der Waals surface area contributed by atoms with Crippen LogP contribution in [0.2, 0.25) is 10.0 Å². The quantitative estimate of drug-likeness (QED) is 0.160. The Balaban J connectivity index is 1.49. The van der Waals surface area contributed by atoms with Crippen molar-refractivity contribution in [1.29, 1.82) is 0 Å². The summed E-state index contributed by atoms with van der Waals surface area (Å²) in [6, 6.07) is 18.2. The number of aldehydes is 1. The highest BCUT2D eigenvalue weighted by atomic mass is 35.5. The molecule has 1 N–H and O–H groups in total. The number of fused-ring (bicyclic) bond motifs is 1. The van der Waals surface area contributed by atoms with Gasteiger partial charge in [-0.25, -0.2) is 14.8 Å². The predicted molar refractivity (Wildman–Crippen MR) is 186 cm³/mol. The van der Waals surface area contributed by atoms with Crippen LogP contribution in [0.1, 0.15) is 43.6 Å². The van der Waals surface area contributed by atoms with E-state index >= 15 is 0 Å². The van der Waals surface area contributed by atoms with Crippen molar-refractivity contribution >= 4 is 41.2 Å². The van der Waals surface area contributed by atoms with Crippen molar-refractivity contribution in [3.05, 3.63) is 105 Å². The predicted octanol–water partition coefficient (Wildman–Crippen LogP) is 7.34. The number of pyridine rings is 2. The van der Waals surface area contributed by atoms with Crippen LogP contribution in [0.3, 0.4) is 0 Å². The van der Waals surface area contributed by atoms with Gasteiger partial charge < -0.3 is 19.5 Å². The van der Waals surface area contributed by atoms with Gasteiger partial charge >= 0.3 is 6.09 Å². The molecule has 1 amide bonds. The van der Waals surface area contributed by atoms with Gasteiger partial charge in [0, 0.05) is 40.2 Å². The van der Waals surface area contributed by atoms with E-state index in [0.29, 0.717) is 55.5 Å². The van der Waals surface area contributed by atoms with Gasteiger partial charge in [-0.1, -0.05) is 59.6 Å². The van der Waals surface area contributed by atoms with E-state index < -0.39 is 23.4 Å². The Labute approximate surface area is 287 Å². The maximum absolute atomic E-state index is 12.9. The molecule has 0 spiro atoms. The smallest absolute Gasteiger partial charge is 0.410 e. The minimum absolute atomic E-state index is 0.0318. The lowest BCUT2D eigenvalue weighted by Crippen LogP contribution is -2.40. The third-order valence-electron chi connectivity index (χ3n) is 7.37. The van der Waals surface area contributed by atoms with Crippen molar-refractivity contribution in [1.82, 2.24) is 19.3 Å². The highest BCUT2D eigenvalue weighted by molar-refractivity contribution is 6.39. The molecule has 0 saturated heterocycles. The second kappa shape index (κ2) is 14.1. The second-order valence-corrected chi connectivity index (χ2v) is 12.9. The second-order valence-electron chi connectivity index (χ2n) is 12.2. The topological polar surface area (TPSA) is 123 Å². The minimum atomic E-state index is -0.776. The number of hydrogen-bond donors (Lipinski definition) is 1. The fourth-order valence-corrected chi connectivity index (χ4v) is 5.87. The summed E-state index contributed by atoms with van der Waals surface area (Å²) in [5, 5.41) is 10.9. The maximum Gasteiger partial charge on any atom is 0.410 e. The summed E-state index contributed by atoms with van der Waals surface area (Å²) in [7, 11) is 1.49. The van der Waals surface area contributed by atoms with Crippen LogP contribution in [0, 0.1) is 0 Å². The van der Waals surface area contributed by atoms with Crippen molar-refractivity contribution in [2.24, 2.45) is 0 Å². The maximum atomic E-state index is 12.9. The number of aromatic nitrogens is 3. The van der Waals surface area contributed by atoms with Crippen LogP contribution in [0.4, 0.5) is 4.79 Å². The van der Waals surface area contributed by atoms with E-state index in [1.807, 2.05) is 36.4 Å². The third kappa shape index (κ3) is 7.36. The lowest BCUT2D eigenvalue weighted by Gasteiger charge is -2.28. The van der Waals surface area contributed by atoms with Crippen molar-refractivity contribution in [3.63, 3.8) is 0 Å². The van der Waals surface area contributed by atoms with Crippen molar-refractivity contribution in [3.8, 4) is 39.4 Å². The fraction of sp³-hybridized carbons (Fsp3) is 0.250. The summed E-state index contributed by atoms with van der Waals surface area (Å²) in [6.07, 6.45) is 1.95. The Bertz CT molecular complexity index is 2070. The zero-order valence-electron chi connectivity index (χ0n) is 27.0. The van der Waals surface area contributed by atoms with Crippen LogP contribution in [0.5, 0.6) is 5.88 Å². The lowest BCUT2D eigenvalue weighted by molar-refractivity contribution is 0.0141. The summed E-state index contributed by atoms with van der Waals surface area (Å²) in [5.74, 6) is 0.289. The molecule has 0 radical (unpaired) electrons. The molecule has 12 heteroatoms. The monoisotopic (exact) mass is 688 g/mol. The summed E-state index contributed by atoms with van der Waals surface area (Å²) in [6.45, 7) is 7.09. The normalized spacial score (nSPS) is 12.1. The summed E-state index contributed by atoms with van der Waals surface area (Å²) in [5.41, 5.74) is 3.73. The van der Waals surface area contributed by atoms with E-state index in [9.17, 15) is 19.5 Å². The first-order valence-corrected chi connectivity index (χ1v) is 15.8. The molecule has 2 aromatic carbocycles. The molecule has 3 aromatic heterocycles. The summed E-state index contributed by atoms with van der Waals surface area (Å²) in [4.78, 5) is 47.0. The average Bonchev–Trinajstić information content (AvgIpc) is 3.04. The van der Waals surface area contributed by atoms with Gasteiger partial charge in [-0.15, -0.1) is 0 Å². The van der Waals surface area contributed by atoms with Crippen LogP contribution in [0.25, 0.3) is 39.2 Å². The van der Waals surface area contributed by atoms with Crippen molar-refractivity contribution in [2.75, 3.05) is 13.7 Å². The van der Waals surface area contributed by atoms with Crippen LogP contribution in [-0.4, -0.2) is 62.1 Å². The molecular weight excluding hydrogens is 655 g/mol. The highest BCUT2D eigenvalue weighted by Gasteiger charge is 2.25.